The maximum Gasteiger partial charge on any atom is 0.330 e. The van der Waals surface area contributed by atoms with E-state index in [-0.39, 0.29) is 12.2 Å². The van der Waals surface area contributed by atoms with Crippen LogP contribution in [0.4, 0.5) is 17.6 Å². The third kappa shape index (κ3) is 11.7. The lowest BCUT2D eigenvalue weighted by atomic mass is 10.1. The van der Waals surface area contributed by atoms with E-state index in [9.17, 15) is 22.4 Å². The minimum absolute atomic E-state index is 0.259. The van der Waals surface area contributed by atoms with Crippen LogP contribution in [0.1, 0.15) is 64.7 Å². The molecule has 0 aliphatic heterocycles. The van der Waals surface area contributed by atoms with Gasteiger partial charge in [-0.05, 0) is 6.42 Å². The van der Waals surface area contributed by atoms with Crippen molar-refractivity contribution in [3.63, 3.8) is 0 Å². The molecule has 0 radical (unpaired) electrons. The van der Waals surface area contributed by atoms with Crippen LogP contribution in [0.25, 0.3) is 0 Å². The molecule has 0 aliphatic carbocycles. The Balaban J connectivity index is 3.43. The lowest BCUT2D eigenvalue weighted by Crippen LogP contribution is -2.33. The molecule has 0 rings (SSSR count). The number of rotatable bonds is 14. The van der Waals surface area contributed by atoms with E-state index >= 15 is 0 Å². The highest BCUT2D eigenvalue weighted by Gasteiger charge is 2.41. The first-order chi connectivity index (χ1) is 9.90. The van der Waals surface area contributed by atoms with E-state index < -0.39 is 25.6 Å². The smallest absolute Gasteiger partial charge is 0.330 e. The highest BCUT2D eigenvalue weighted by atomic mass is 19.3. The van der Waals surface area contributed by atoms with Crippen molar-refractivity contribution >= 4 is 5.78 Å². The Morgan fingerprint density at radius 1 is 1.00 bits per heavy atom. The van der Waals surface area contributed by atoms with Crippen LogP contribution in [-0.2, 0) is 9.53 Å². The first-order valence-electron chi connectivity index (χ1n) is 7.65. The summed E-state index contributed by atoms with van der Waals surface area (Å²) in [6.07, 6.45) is 5.21. The van der Waals surface area contributed by atoms with Gasteiger partial charge in [0.25, 0.3) is 0 Å². The number of hydrogen-bond acceptors (Lipinski definition) is 2. The maximum atomic E-state index is 12.5. The van der Waals surface area contributed by atoms with Crippen LogP contribution < -0.4 is 0 Å². The molecule has 2 nitrogen and oxygen atoms in total. The molecule has 0 aromatic heterocycles. The van der Waals surface area contributed by atoms with E-state index in [1.54, 1.807) is 0 Å². The molecule has 0 heterocycles. The number of Topliss-reactive ketones (excluding diaryl/α,β-unsaturated/α-hetero) is 1. The summed E-state index contributed by atoms with van der Waals surface area (Å²) < 4.78 is 53.0. The molecular weight excluding hydrogens is 288 g/mol. The van der Waals surface area contributed by atoms with Crippen LogP contribution in [0.15, 0.2) is 0 Å². The zero-order valence-electron chi connectivity index (χ0n) is 12.7. The minimum atomic E-state index is -4.18. The second kappa shape index (κ2) is 12.0. The molecule has 0 aromatic carbocycles. The number of halogens is 4. The van der Waals surface area contributed by atoms with Crippen molar-refractivity contribution in [2.24, 2.45) is 0 Å². The Morgan fingerprint density at radius 2 is 1.52 bits per heavy atom. The second-order valence-electron chi connectivity index (χ2n) is 5.32. The maximum absolute atomic E-state index is 12.5. The van der Waals surface area contributed by atoms with Gasteiger partial charge in [-0.2, -0.15) is 8.78 Å². The quantitative estimate of drug-likeness (QED) is 0.333. The monoisotopic (exact) mass is 314 g/mol. The normalized spacial score (nSPS) is 12.1. The fourth-order valence-corrected chi connectivity index (χ4v) is 1.89. The average Bonchev–Trinajstić information content (AvgIpc) is 2.41. The van der Waals surface area contributed by atoms with Crippen molar-refractivity contribution in [2.75, 3.05) is 13.2 Å². The SMILES string of the molecule is CCCCCCCCCCC(=O)COCC(F)(F)C(F)F. The van der Waals surface area contributed by atoms with E-state index in [1.165, 1.54) is 25.7 Å². The first kappa shape index (κ1) is 20.3. The van der Waals surface area contributed by atoms with Crippen LogP contribution >= 0.6 is 0 Å². The minimum Gasteiger partial charge on any atom is -0.367 e. The predicted molar refractivity (Wildman–Crippen MR) is 74.0 cm³/mol. The number of carbonyl (C=O) groups is 1. The van der Waals surface area contributed by atoms with Gasteiger partial charge in [-0.1, -0.05) is 51.9 Å². The Kier molecular flexibility index (Phi) is 11.6. The van der Waals surface area contributed by atoms with Crippen molar-refractivity contribution in [2.45, 2.75) is 77.1 Å². The average molecular weight is 314 g/mol. The fraction of sp³-hybridized carbons (Fsp3) is 0.933. The Labute approximate surface area is 124 Å². The number of unbranched alkanes of at least 4 members (excludes halogenated alkanes) is 7. The van der Waals surface area contributed by atoms with Crippen molar-refractivity contribution < 1.29 is 27.1 Å². The van der Waals surface area contributed by atoms with Gasteiger partial charge in [-0.3, -0.25) is 4.79 Å². The first-order valence-corrected chi connectivity index (χ1v) is 7.65. The lowest BCUT2D eigenvalue weighted by molar-refractivity contribution is -0.168. The van der Waals surface area contributed by atoms with Crippen molar-refractivity contribution in [1.82, 2.24) is 0 Å². The van der Waals surface area contributed by atoms with E-state index in [4.69, 9.17) is 0 Å². The van der Waals surface area contributed by atoms with Crippen LogP contribution in [0, 0.1) is 0 Å². The number of hydrogen-bond donors (Lipinski definition) is 0. The Bertz CT molecular complexity index is 270. The largest absolute Gasteiger partial charge is 0.367 e. The predicted octanol–water partition coefficient (Wildman–Crippen LogP) is 5.00. The van der Waals surface area contributed by atoms with Crippen LogP contribution in [-0.4, -0.2) is 31.3 Å². The summed E-state index contributed by atoms with van der Waals surface area (Å²) in [6.45, 7) is 0.234. The molecule has 6 heteroatoms. The van der Waals surface area contributed by atoms with Crippen LogP contribution in [0.5, 0.6) is 0 Å². The van der Waals surface area contributed by atoms with Crippen molar-refractivity contribution in [3.8, 4) is 0 Å². The zero-order chi connectivity index (χ0) is 16.1. The van der Waals surface area contributed by atoms with Gasteiger partial charge in [0.05, 0.1) is 0 Å². The molecule has 0 aromatic rings. The zero-order valence-corrected chi connectivity index (χ0v) is 12.7. The van der Waals surface area contributed by atoms with E-state index in [1.807, 2.05) is 0 Å². The molecule has 0 saturated heterocycles. The Hall–Kier alpha value is -0.650. The van der Waals surface area contributed by atoms with E-state index in [0.29, 0.717) is 6.42 Å². The molecule has 0 aliphatic rings. The molecule has 126 valence electrons. The van der Waals surface area contributed by atoms with Crippen molar-refractivity contribution in [3.05, 3.63) is 0 Å². The summed E-state index contributed by atoms with van der Waals surface area (Å²) in [7, 11) is 0. The molecule has 0 amide bonds. The van der Waals surface area contributed by atoms with E-state index in [2.05, 4.69) is 11.7 Å². The molecule has 0 atom stereocenters. The third-order valence-corrected chi connectivity index (χ3v) is 3.19. The summed E-state index contributed by atoms with van der Waals surface area (Å²) >= 11 is 0. The van der Waals surface area contributed by atoms with Gasteiger partial charge in [0.15, 0.2) is 5.78 Å². The molecule has 0 saturated carbocycles. The van der Waals surface area contributed by atoms with Gasteiger partial charge in [0, 0.05) is 6.42 Å². The van der Waals surface area contributed by atoms with Gasteiger partial charge in [-0.15, -0.1) is 0 Å². The van der Waals surface area contributed by atoms with E-state index in [0.717, 1.165) is 19.3 Å². The van der Waals surface area contributed by atoms with Crippen LogP contribution in [0.3, 0.4) is 0 Å². The van der Waals surface area contributed by atoms with Crippen molar-refractivity contribution in [1.29, 1.82) is 0 Å². The summed E-state index contributed by atoms with van der Waals surface area (Å²) in [6, 6.07) is 0. The molecule has 0 bridgehead atoms. The number of ketones is 1. The highest BCUT2D eigenvalue weighted by molar-refractivity contribution is 5.79. The fourth-order valence-electron chi connectivity index (χ4n) is 1.89. The Morgan fingerprint density at radius 3 is 2.05 bits per heavy atom. The number of alkyl halides is 4. The topological polar surface area (TPSA) is 26.3 Å². The summed E-state index contributed by atoms with van der Waals surface area (Å²) in [4.78, 5) is 11.3. The van der Waals surface area contributed by atoms with Gasteiger partial charge in [0.1, 0.15) is 13.2 Å². The highest BCUT2D eigenvalue weighted by Crippen LogP contribution is 2.22. The second-order valence-corrected chi connectivity index (χ2v) is 5.32. The van der Waals surface area contributed by atoms with Gasteiger partial charge < -0.3 is 4.74 Å². The van der Waals surface area contributed by atoms with Gasteiger partial charge in [0.2, 0.25) is 0 Å². The van der Waals surface area contributed by atoms with Crippen LogP contribution in [0.2, 0.25) is 0 Å². The molecule has 21 heavy (non-hydrogen) atoms. The number of ether oxygens (including phenoxy) is 1. The lowest BCUT2D eigenvalue weighted by Gasteiger charge is -2.14. The standard InChI is InChI=1S/C15H26F4O2/c1-2-3-4-5-6-7-8-9-10-13(20)11-21-12-15(18,19)14(16)17/h14H,2-12H2,1H3. The molecule has 0 unspecified atom stereocenters. The van der Waals surface area contributed by atoms with Gasteiger partial charge >= 0.3 is 12.3 Å². The summed E-state index contributed by atoms with van der Waals surface area (Å²) in [5.41, 5.74) is 0. The third-order valence-electron chi connectivity index (χ3n) is 3.19. The molecule has 0 spiro atoms. The summed E-state index contributed by atoms with van der Waals surface area (Å²) in [5.74, 6) is -4.50. The summed E-state index contributed by atoms with van der Waals surface area (Å²) in [5, 5.41) is 0. The number of carbonyl (C=O) groups excluding carboxylic acids is 1. The molecule has 0 N–H and O–H groups in total. The molecular formula is C15H26F4O2. The van der Waals surface area contributed by atoms with Gasteiger partial charge in [-0.25, -0.2) is 8.78 Å². The molecule has 0 fully saturated rings.